The molecule has 2 atom stereocenters. The predicted molar refractivity (Wildman–Crippen MR) is 123 cm³/mol. The van der Waals surface area contributed by atoms with Gasteiger partial charge in [0.15, 0.2) is 6.04 Å². The van der Waals surface area contributed by atoms with Crippen LogP contribution in [0.4, 0.5) is 11.4 Å². The molecule has 1 unspecified atom stereocenters. The van der Waals surface area contributed by atoms with E-state index in [4.69, 9.17) is 0 Å². The van der Waals surface area contributed by atoms with Crippen LogP contribution in [-0.2, 0) is 16.1 Å². The molecule has 2 aromatic rings. The molecule has 0 aromatic heterocycles. The van der Waals surface area contributed by atoms with Crippen LogP contribution in [0.15, 0.2) is 48.5 Å². The molecule has 0 radical (unpaired) electrons. The summed E-state index contributed by atoms with van der Waals surface area (Å²) in [5, 5.41) is 2.85. The molecule has 0 bridgehead atoms. The lowest BCUT2D eigenvalue weighted by Crippen LogP contribution is -3.15. The summed E-state index contributed by atoms with van der Waals surface area (Å²) in [4.78, 5) is 30.0. The monoisotopic (exact) mass is 411 g/mol. The second-order valence-corrected chi connectivity index (χ2v) is 8.08. The van der Waals surface area contributed by atoms with Gasteiger partial charge in [0.05, 0.1) is 13.1 Å². The SMILES string of the molecule is CC[NH+](Cc1ccc(N(C)C)cc1)[C@@H](C)C(=O)N(C)CC(=O)Nc1ccc(C)cc1. The van der Waals surface area contributed by atoms with Gasteiger partial charge in [-0.1, -0.05) is 29.8 Å². The van der Waals surface area contributed by atoms with Gasteiger partial charge >= 0.3 is 0 Å². The number of benzene rings is 2. The molecule has 162 valence electrons. The molecule has 6 nitrogen and oxygen atoms in total. The third-order valence-corrected chi connectivity index (χ3v) is 5.41. The molecule has 0 aliphatic rings. The summed E-state index contributed by atoms with van der Waals surface area (Å²) in [7, 11) is 5.72. The minimum atomic E-state index is -0.235. The fraction of sp³-hybridized carbons (Fsp3) is 0.417. The first kappa shape index (κ1) is 23.4. The summed E-state index contributed by atoms with van der Waals surface area (Å²) in [6.07, 6.45) is 0. The molecule has 0 saturated carbocycles. The van der Waals surface area contributed by atoms with E-state index in [0.717, 1.165) is 30.0 Å². The molecule has 30 heavy (non-hydrogen) atoms. The number of amides is 2. The van der Waals surface area contributed by atoms with E-state index in [1.54, 1.807) is 7.05 Å². The Labute approximate surface area is 180 Å². The molecule has 0 aliphatic carbocycles. The maximum Gasteiger partial charge on any atom is 0.280 e. The van der Waals surface area contributed by atoms with Crippen molar-refractivity contribution < 1.29 is 14.5 Å². The summed E-state index contributed by atoms with van der Waals surface area (Å²) in [5.41, 5.74) is 4.21. The molecule has 2 amide bonds. The molecule has 0 fully saturated rings. The summed E-state index contributed by atoms with van der Waals surface area (Å²) in [6.45, 7) is 7.64. The highest BCUT2D eigenvalue weighted by Crippen LogP contribution is 2.12. The van der Waals surface area contributed by atoms with Crippen molar-refractivity contribution in [3.8, 4) is 0 Å². The van der Waals surface area contributed by atoms with Gasteiger partial charge in [0.2, 0.25) is 5.91 Å². The van der Waals surface area contributed by atoms with E-state index in [0.29, 0.717) is 0 Å². The Balaban J connectivity index is 1.93. The Morgan fingerprint density at radius 3 is 2.13 bits per heavy atom. The van der Waals surface area contributed by atoms with Gasteiger partial charge in [-0.05, 0) is 45.0 Å². The molecular weight excluding hydrogens is 376 g/mol. The van der Waals surface area contributed by atoms with E-state index in [9.17, 15) is 9.59 Å². The fourth-order valence-corrected chi connectivity index (χ4v) is 3.39. The first-order valence-corrected chi connectivity index (χ1v) is 10.4. The molecule has 2 rings (SSSR count). The quantitative estimate of drug-likeness (QED) is 0.663. The Morgan fingerprint density at radius 2 is 1.60 bits per heavy atom. The lowest BCUT2D eigenvalue weighted by molar-refractivity contribution is -0.926. The number of hydrogen-bond donors (Lipinski definition) is 2. The molecule has 0 heterocycles. The van der Waals surface area contributed by atoms with Crippen molar-refractivity contribution in [3.05, 3.63) is 59.7 Å². The minimum Gasteiger partial charge on any atom is -0.378 e. The van der Waals surface area contributed by atoms with Crippen LogP contribution in [0.5, 0.6) is 0 Å². The van der Waals surface area contributed by atoms with Crippen LogP contribution in [0.25, 0.3) is 0 Å². The zero-order valence-electron chi connectivity index (χ0n) is 19.0. The van der Waals surface area contributed by atoms with Gasteiger partial charge in [-0.25, -0.2) is 0 Å². The van der Waals surface area contributed by atoms with Gasteiger partial charge in [0, 0.05) is 38.1 Å². The molecule has 0 spiro atoms. The largest absolute Gasteiger partial charge is 0.378 e. The molecule has 0 aliphatic heterocycles. The summed E-state index contributed by atoms with van der Waals surface area (Å²) in [5.74, 6) is -0.227. The maximum absolute atomic E-state index is 12.9. The van der Waals surface area contributed by atoms with Gasteiger partial charge in [-0.2, -0.15) is 0 Å². The van der Waals surface area contributed by atoms with Gasteiger partial charge in [-0.15, -0.1) is 0 Å². The smallest absolute Gasteiger partial charge is 0.280 e. The highest BCUT2D eigenvalue weighted by atomic mass is 16.2. The zero-order valence-corrected chi connectivity index (χ0v) is 19.0. The normalized spacial score (nSPS) is 12.7. The van der Waals surface area contributed by atoms with E-state index in [1.165, 1.54) is 15.4 Å². The van der Waals surface area contributed by atoms with Crippen molar-refractivity contribution in [1.29, 1.82) is 0 Å². The van der Waals surface area contributed by atoms with Crippen molar-refractivity contribution in [1.82, 2.24) is 4.90 Å². The first-order chi connectivity index (χ1) is 14.2. The van der Waals surface area contributed by atoms with E-state index in [-0.39, 0.29) is 24.4 Å². The summed E-state index contributed by atoms with van der Waals surface area (Å²) in [6, 6.07) is 15.8. The van der Waals surface area contributed by atoms with Gasteiger partial charge in [-0.3, -0.25) is 9.59 Å². The molecule has 2 aromatic carbocycles. The second kappa shape index (κ2) is 10.8. The fourth-order valence-electron chi connectivity index (χ4n) is 3.39. The maximum atomic E-state index is 12.9. The predicted octanol–water partition coefficient (Wildman–Crippen LogP) is 1.95. The van der Waals surface area contributed by atoms with Crippen LogP contribution < -0.4 is 15.1 Å². The van der Waals surface area contributed by atoms with Crippen molar-refractivity contribution in [2.45, 2.75) is 33.4 Å². The van der Waals surface area contributed by atoms with Crippen LogP contribution in [0, 0.1) is 6.92 Å². The van der Waals surface area contributed by atoms with Crippen LogP contribution in [0.3, 0.4) is 0 Å². The number of nitrogens with zero attached hydrogens (tertiary/aromatic N) is 2. The van der Waals surface area contributed by atoms with Crippen molar-refractivity contribution >= 4 is 23.2 Å². The van der Waals surface area contributed by atoms with E-state index in [1.807, 2.05) is 52.2 Å². The summed E-state index contributed by atoms with van der Waals surface area (Å²) >= 11 is 0. The van der Waals surface area contributed by atoms with Crippen molar-refractivity contribution in [3.63, 3.8) is 0 Å². The van der Waals surface area contributed by atoms with Crippen LogP contribution in [-0.4, -0.2) is 57.0 Å². The Morgan fingerprint density at radius 1 is 1.00 bits per heavy atom. The number of aryl methyl sites for hydroxylation is 1. The Hall–Kier alpha value is -2.86. The number of rotatable bonds is 9. The van der Waals surface area contributed by atoms with Crippen LogP contribution >= 0.6 is 0 Å². The van der Waals surface area contributed by atoms with Gasteiger partial charge in [0.25, 0.3) is 5.91 Å². The molecule has 6 heteroatoms. The van der Waals surface area contributed by atoms with E-state index in [2.05, 4.69) is 41.4 Å². The number of anilines is 2. The standard InChI is InChI=1S/C24H34N4O2/c1-7-28(16-20-10-14-22(15-11-20)26(4)5)19(3)24(30)27(6)17-23(29)25-21-12-8-18(2)9-13-21/h8-15,19H,7,16-17H2,1-6H3,(H,25,29)/p+1/t19-/m0/s1. The van der Waals surface area contributed by atoms with Crippen molar-refractivity contribution in [2.24, 2.45) is 0 Å². The van der Waals surface area contributed by atoms with Gasteiger partial charge < -0.3 is 20.0 Å². The van der Waals surface area contributed by atoms with Gasteiger partial charge in [0.1, 0.15) is 6.54 Å². The highest BCUT2D eigenvalue weighted by molar-refractivity contribution is 5.94. The lowest BCUT2D eigenvalue weighted by atomic mass is 10.1. The number of quaternary nitrogens is 1. The lowest BCUT2D eigenvalue weighted by Gasteiger charge is -2.27. The molecule has 0 saturated heterocycles. The van der Waals surface area contributed by atoms with E-state index < -0.39 is 0 Å². The third kappa shape index (κ3) is 6.59. The van der Waals surface area contributed by atoms with Crippen LogP contribution in [0.1, 0.15) is 25.0 Å². The zero-order chi connectivity index (χ0) is 22.3. The number of carbonyl (C=O) groups is 2. The topological polar surface area (TPSA) is 57.1 Å². The van der Waals surface area contributed by atoms with Crippen LogP contribution in [0.2, 0.25) is 0 Å². The molecule has 2 N–H and O–H groups in total. The summed E-state index contributed by atoms with van der Waals surface area (Å²) < 4.78 is 0. The number of likely N-dealkylation sites (N-methyl/N-ethyl adjacent to an activating group) is 2. The highest BCUT2D eigenvalue weighted by Gasteiger charge is 2.27. The number of hydrogen-bond acceptors (Lipinski definition) is 3. The second-order valence-electron chi connectivity index (χ2n) is 8.08. The van der Waals surface area contributed by atoms with E-state index >= 15 is 0 Å². The van der Waals surface area contributed by atoms with Crippen molar-refractivity contribution in [2.75, 3.05) is 44.4 Å². The number of nitrogens with one attached hydrogen (secondary N) is 2. The average Bonchev–Trinajstić information content (AvgIpc) is 2.72. The Bertz CT molecular complexity index is 831. The minimum absolute atomic E-state index is 0.0317. The molecular formula is C24H35N4O2+. The Kier molecular flexibility index (Phi) is 8.42. The third-order valence-electron chi connectivity index (χ3n) is 5.41. The number of carbonyl (C=O) groups excluding carboxylic acids is 2. The average molecular weight is 412 g/mol. The first-order valence-electron chi connectivity index (χ1n) is 10.4.